The average Bonchev–Trinajstić information content (AvgIpc) is 3.09. The van der Waals surface area contributed by atoms with Crippen molar-refractivity contribution in [2.75, 3.05) is 6.54 Å². The molecule has 0 aliphatic heterocycles. The normalized spacial score (nSPS) is 17.6. The Balaban J connectivity index is 2.23. The van der Waals surface area contributed by atoms with Crippen LogP contribution < -0.4 is 5.73 Å². The highest BCUT2D eigenvalue weighted by atomic mass is 15.2. The lowest BCUT2D eigenvalue weighted by atomic mass is 10.3. The molecule has 0 radical (unpaired) electrons. The van der Waals surface area contributed by atoms with E-state index in [1.54, 1.807) is 0 Å². The summed E-state index contributed by atoms with van der Waals surface area (Å²) in [5.74, 6) is 1.80. The molecule has 3 rings (SSSR count). The van der Waals surface area contributed by atoms with Crippen LogP contribution >= 0.6 is 0 Å². The van der Waals surface area contributed by atoms with Gasteiger partial charge in [0.15, 0.2) is 5.65 Å². The van der Waals surface area contributed by atoms with Gasteiger partial charge in [-0.3, -0.25) is 0 Å². The zero-order chi connectivity index (χ0) is 12.0. The van der Waals surface area contributed by atoms with Crippen molar-refractivity contribution in [3.05, 3.63) is 23.7 Å². The summed E-state index contributed by atoms with van der Waals surface area (Å²) in [5.41, 5.74) is 8.94. The van der Waals surface area contributed by atoms with Crippen LogP contribution in [0, 0.1) is 6.92 Å². The van der Waals surface area contributed by atoms with Crippen molar-refractivity contribution in [2.45, 2.75) is 38.6 Å². The Kier molecular flexibility index (Phi) is 2.40. The molecule has 2 aromatic heterocycles. The summed E-state index contributed by atoms with van der Waals surface area (Å²) >= 11 is 0. The van der Waals surface area contributed by atoms with Crippen LogP contribution in [-0.2, 0) is 0 Å². The van der Waals surface area contributed by atoms with Gasteiger partial charge in [-0.15, -0.1) is 0 Å². The summed E-state index contributed by atoms with van der Waals surface area (Å²) in [6.07, 6.45) is 4.40. The lowest BCUT2D eigenvalue weighted by Crippen LogP contribution is -2.18. The fourth-order valence-corrected chi connectivity index (χ4v) is 2.27. The van der Waals surface area contributed by atoms with E-state index in [4.69, 9.17) is 10.7 Å². The molecule has 0 aromatic carbocycles. The van der Waals surface area contributed by atoms with Gasteiger partial charge in [0.25, 0.3) is 0 Å². The second kappa shape index (κ2) is 3.81. The minimum absolute atomic E-state index is 0.269. The Morgan fingerprint density at radius 2 is 2.29 bits per heavy atom. The highest BCUT2D eigenvalue weighted by molar-refractivity contribution is 5.72. The highest BCUT2D eigenvalue weighted by Crippen LogP contribution is 2.41. The van der Waals surface area contributed by atoms with Crippen LogP contribution in [-0.4, -0.2) is 21.1 Å². The number of imidazole rings is 1. The van der Waals surface area contributed by atoms with Crippen molar-refractivity contribution >= 4 is 11.2 Å². The highest BCUT2D eigenvalue weighted by Gasteiger charge is 2.31. The maximum absolute atomic E-state index is 5.80. The number of hydrogen-bond donors (Lipinski definition) is 1. The maximum Gasteiger partial charge on any atom is 0.160 e. The first kappa shape index (κ1) is 10.7. The van der Waals surface area contributed by atoms with Gasteiger partial charge in [0, 0.05) is 24.7 Å². The smallest absolute Gasteiger partial charge is 0.160 e. The lowest BCUT2D eigenvalue weighted by Gasteiger charge is -2.14. The van der Waals surface area contributed by atoms with E-state index in [9.17, 15) is 0 Å². The Morgan fingerprint density at radius 3 is 2.94 bits per heavy atom. The first-order chi connectivity index (χ1) is 8.20. The average molecular weight is 230 g/mol. The molecular formula is C13H18N4. The lowest BCUT2D eigenvalue weighted by molar-refractivity contribution is 0.544. The van der Waals surface area contributed by atoms with Gasteiger partial charge in [0.2, 0.25) is 0 Å². The maximum atomic E-state index is 5.80. The van der Waals surface area contributed by atoms with Gasteiger partial charge < -0.3 is 10.3 Å². The van der Waals surface area contributed by atoms with Crippen LogP contribution in [0.5, 0.6) is 0 Å². The van der Waals surface area contributed by atoms with Gasteiger partial charge in [-0.25, -0.2) is 9.97 Å². The number of nitrogens with zero attached hydrogens (tertiary/aromatic N) is 3. The number of rotatable bonds is 3. The second-order valence-electron chi connectivity index (χ2n) is 5.05. The fourth-order valence-electron chi connectivity index (χ4n) is 2.27. The van der Waals surface area contributed by atoms with Crippen LogP contribution in [0.1, 0.15) is 43.1 Å². The first-order valence-electron chi connectivity index (χ1n) is 6.25. The summed E-state index contributed by atoms with van der Waals surface area (Å²) in [5, 5.41) is 0. The Bertz CT molecular complexity index is 554. The Hall–Kier alpha value is -1.42. The standard InChI is InChI=1S/C13H18N4/c1-8-5-11-13(15-7-8)17(9(2)6-14)12(16-11)10-3-4-10/h5,7,9-10H,3-4,6,14H2,1-2H3. The quantitative estimate of drug-likeness (QED) is 0.878. The fraction of sp³-hybridized carbons (Fsp3) is 0.538. The molecule has 0 spiro atoms. The van der Waals surface area contributed by atoms with Gasteiger partial charge in [0.1, 0.15) is 11.3 Å². The number of fused-ring (bicyclic) bond motifs is 1. The molecule has 1 atom stereocenters. The molecule has 17 heavy (non-hydrogen) atoms. The van der Waals surface area contributed by atoms with Gasteiger partial charge >= 0.3 is 0 Å². The van der Waals surface area contributed by atoms with Gasteiger partial charge in [-0.1, -0.05) is 0 Å². The number of nitrogens with two attached hydrogens (primary N) is 1. The molecule has 1 fully saturated rings. The van der Waals surface area contributed by atoms with Gasteiger partial charge in [0.05, 0.1) is 0 Å². The molecule has 2 N–H and O–H groups in total. The number of pyridine rings is 1. The summed E-state index contributed by atoms with van der Waals surface area (Å²) in [6.45, 7) is 4.81. The molecule has 90 valence electrons. The van der Waals surface area contributed by atoms with E-state index < -0.39 is 0 Å². The monoisotopic (exact) mass is 230 g/mol. The second-order valence-corrected chi connectivity index (χ2v) is 5.05. The van der Waals surface area contributed by atoms with E-state index >= 15 is 0 Å². The molecule has 1 aliphatic carbocycles. The minimum Gasteiger partial charge on any atom is -0.328 e. The molecule has 2 aromatic rings. The molecule has 4 heteroatoms. The van der Waals surface area contributed by atoms with E-state index in [0.717, 1.165) is 16.7 Å². The van der Waals surface area contributed by atoms with Gasteiger partial charge in [-0.05, 0) is 38.3 Å². The summed E-state index contributed by atoms with van der Waals surface area (Å²) in [7, 11) is 0. The molecule has 0 amide bonds. The Morgan fingerprint density at radius 1 is 1.53 bits per heavy atom. The molecule has 1 aliphatic rings. The summed E-state index contributed by atoms with van der Waals surface area (Å²) in [6, 6.07) is 2.37. The Labute approximate surface area is 101 Å². The summed E-state index contributed by atoms with van der Waals surface area (Å²) in [4.78, 5) is 9.27. The van der Waals surface area contributed by atoms with Crippen molar-refractivity contribution in [1.82, 2.24) is 14.5 Å². The van der Waals surface area contributed by atoms with Crippen LogP contribution in [0.4, 0.5) is 0 Å². The minimum atomic E-state index is 0.269. The molecule has 1 unspecified atom stereocenters. The van der Waals surface area contributed by atoms with E-state index in [-0.39, 0.29) is 6.04 Å². The number of aryl methyl sites for hydroxylation is 1. The van der Waals surface area contributed by atoms with Crippen LogP contribution in [0.25, 0.3) is 11.2 Å². The molecular weight excluding hydrogens is 212 g/mol. The largest absolute Gasteiger partial charge is 0.328 e. The molecule has 4 nitrogen and oxygen atoms in total. The topological polar surface area (TPSA) is 56.7 Å². The molecule has 2 heterocycles. The molecule has 1 saturated carbocycles. The molecule has 0 saturated heterocycles. The van der Waals surface area contributed by atoms with Crippen LogP contribution in [0.3, 0.4) is 0 Å². The SMILES string of the molecule is Cc1cnc2c(c1)nc(C1CC1)n2C(C)CN. The van der Waals surface area contributed by atoms with Gasteiger partial charge in [-0.2, -0.15) is 0 Å². The van der Waals surface area contributed by atoms with E-state index in [1.807, 2.05) is 6.20 Å². The summed E-state index contributed by atoms with van der Waals surface area (Å²) < 4.78 is 2.23. The zero-order valence-electron chi connectivity index (χ0n) is 10.3. The van der Waals surface area contributed by atoms with E-state index in [1.165, 1.54) is 18.7 Å². The first-order valence-corrected chi connectivity index (χ1v) is 6.25. The third-order valence-electron chi connectivity index (χ3n) is 3.42. The molecule has 0 bridgehead atoms. The van der Waals surface area contributed by atoms with E-state index in [0.29, 0.717) is 12.5 Å². The number of hydrogen-bond acceptors (Lipinski definition) is 3. The van der Waals surface area contributed by atoms with E-state index in [2.05, 4.69) is 29.5 Å². The van der Waals surface area contributed by atoms with Crippen molar-refractivity contribution in [3.63, 3.8) is 0 Å². The van der Waals surface area contributed by atoms with Crippen molar-refractivity contribution in [1.29, 1.82) is 0 Å². The van der Waals surface area contributed by atoms with Crippen LogP contribution in [0.15, 0.2) is 12.3 Å². The van der Waals surface area contributed by atoms with Crippen molar-refractivity contribution in [2.24, 2.45) is 5.73 Å². The predicted molar refractivity (Wildman–Crippen MR) is 68.0 cm³/mol. The van der Waals surface area contributed by atoms with Crippen molar-refractivity contribution < 1.29 is 0 Å². The van der Waals surface area contributed by atoms with Crippen LogP contribution in [0.2, 0.25) is 0 Å². The van der Waals surface area contributed by atoms with Crippen molar-refractivity contribution in [3.8, 4) is 0 Å². The predicted octanol–water partition coefficient (Wildman–Crippen LogP) is 2.14. The number of aromatic nitrogens is 3. The zero-order valence-corrected chi connectivity index (χ0v) is 10.3. The third kappa shape index (κ3) is 1.72. The third-order valence-corrected chi connectivity index (χ3v) is 3.42.